The summed E-state index contributed by atoms with van der Waals surface area (Å²) >= 11 is 0. The lowest BCUT2D eigenvalue weighted by Crippen LogP contribution is -2.47. The van der Waals surface area contributed by atoms with Gasteiger partial charge in [-0.3, -0.25) is 10.1 Å². The summed E-state index contributed by atoms with van der Waals surface area (Å²) in [5.41, 5.74) is 0.614. The molecule has 7 heteroatoms. The number of likely N-dealkylation sites (tertiary alicyclic amines) is 1. The minimum Gasteiger partial charge on any atom is -0.444 e. The lowest BCUT2D eigenvalue weighted by molar-refractivity contribution is -0.181. The van der Waals surface area contributed by atoms with Gasteiger partial charge in [-0.2, -0.15) is 0 Å². The van der Waals surface area contributed by atoms with Gasteiger partial charge in [-0.05, 0) is 45.0 Å². The Hall–Kier alpha value is -2.12. The molecule has 1 spiro atoms. The third-order valence-electron chi connectivity index (χ3n) is 4.40. The number of anilines is 1. The topological polar surface area (TPSA) is 77.1 Å². The number of benzene rings is 1. The molecule has 2 heterocycles. The molecule has 3 rings (SSSR count). The molecule has 2 fully saturated rings. The predicted molar refractivity (Wildman–Crippen MR) is 96.1 cm³/mol. The molecule has 2 aliphatic rings. The van der Waals surface area contributed by atoms with E-state index in [9.17, 15) is 9.59 Å². The van der Waals surface area contributed by atoms with E-state index in [2.05, 4.69) is 5.32 Å². The highest BCUT2D eigenvalue weighted by molar-refractivity contribution is 5.95. The monoisotopic (exact) mass is 362 g/mol. The zero-order valence-corrected chi connectivity index (χ0v) is 15.5. The molecule has 2 saturated heterocycles. The summed E-state index contributed by atoms with van der Waals surface area (Å²) in [4.78, 5) is 26.3. The summed E-state index contributed by atoms with van der Waals surface area (Å²) < 4.78 is 16.6. The van der Waals surface area contributed by atoms with Crippen molar-refractivity contribution in [1.29, 1.82) is 0 Å². The summed E-state index contributed by atoms with van der Waals surface area (Å²) in [6.45, 7) is 7.88. The van der Waals surface area contributed by atoms with Crippen molar-refractivity contribution >= 4 is 17.7 Å². The van der Waals surface area contributed by atoms with Gasteiger partial charge < -0.3 is 19.1 Å². The number of hydrogen-bond donors (Lipinski definition) is 1. The number of nitrogens with one attached hydrogen (secondary N) is 1. The molecule has 0 bridgehead atoms. The van der Waals surface area contributed by atoms with Crippen molar-refractivity contribution in [3.05, 3.63) is 29.8 Å². The minimum atomic E-state index is -0.557. The van der Waals surface area contributed by atoms with Crippen LogP contribution in [-0.2, 0) is 14.2 Å². The average Bonchev–Trinajstić information content (AvgIpc) is 3.02. The number of carbonyl (C=O) groups excluding carboxylic acids is 2. The Balaban J connectivity index is 1.55. The zero-order chi connectivity index (χ0) is 18.8. The van der Waals surface area contributed by atoms with E-state index in [-0.39, 0.29) is 5.91 Å². The van der Waals surface area contributed by atoms with Gasteiger partial charge >= 0.3 is 6.09 Å². The van der Waals surface area contributed by atoms with Crippen LogP contribution in [0.5, 0.6) is 0 Å². The molecule has 0 aromatic heterocycles. The first-order chi connectivity index (χ1) is 12.3. The van der Waals surface area contributed by atoms with Crippen LogP contribution in [0.15, 0.2) is 24.3 Å². The first-order valence-corrected chi connectivity index (χ1v) is 8.94. The van der Waals surface area contributed by atoms with Crippen molar-refractivity contribution < 1.29 is 23.8 Å². The highest BCUT2D eigenvalue weighted by Gasteiger charge is 2.40. The van der Waals surface area contributed by atoms with Gasteiger partial charge in [0.05, 0.1) is 13.2 Å². The molecule has 2 amide bonds. The molecule has 0 saturated carbocycles. The highest BCUT2D eigenvalue weighted by Crippen LogP contribution is 2.31. The number of rotatable bonds is 2. The summed E-state index contributed by atoms with van der Waals surface area (Å²) in [5.74, 6) is -0.514. The smallest absolute Gasteiger partial charge is 0.412 e. The van der Waals surface area contributed by atoms with E-state index in [0.29, 0.717) is 50.4 Å². The van der Waals surface area contributed by atoms with Crippen LogP contribution in [0.25, 0.3) is 0 Å². The Kier molecular flexibility index (Phi) is 5.20. The van der Waals surface area contributed by atoms with Gasteiger partial charge in [0.1, 0.15) is 5.60 Å². The lowest BCUT2D eigenvalue weighted by Gasteiger charge is -2.37. The number of nitrogens with zero attached hydrogens (tertiary/aromatic N) is 1. The zero-order valence-electron chi connectivity index (χ0n) is 15.5. The average molecular weight is 362 g/mol. The molecule has 0 atom stereocenters. The third kappa shape index (κ3) is 4.53. The quantitative estimate of drug-likeness (QED) is 0.875. The fourth-order valence-corrected chi connectivity index (χ4v) is 3.14. The van der Waals surface area contributed by atoms with Crippen molar-refractivity contribution in [1.82, 2.24) is 4.90 Å². The van der Waals surface area contributed by atoms with E-state index >= 15 is 0 Å². The highest BCUT2D eigenvalue weighted by atomic mass is 16.7. The summed E-state index contributed by atoms with van der Waals surface area (Å²) in [7, 11) is 0. The summed E-state index contributed by atoms with van der Waals surface area (Å²) in [5, 5.41) is 2.66. The molecular weight excluding hydrogens is 336 g/mol. The second kappa shape index (κ2) is 7.25. The van der Waals surface area contributed by atoms with E-state index in [1.54, 1.807) is 45.0 Å². The van der Waals surface area contributed by atoms with Crippen molar-refractivity contribution in [2.45, 2.75) is 45.0 Å². The Morgan fingerprint density at radius 2 is 1.65 bits per heavy atom. The maximum atomic E-state index is 12.7. The van der Waals surface area contributed by atoms with Crippen molar-refractivity contribution in [2.75, 3.05) is 31.6 Å². The molecule has 0 radical (unpaired) electrons. The van der Waals surface area contributed by atoms with Crippen LogP contribution < -0.4 is 5.32 Å². The number of carbonyl (C=O) groups is 2. The maximum absolute atomic E-state index is 12.7. The Morgan fingerprint density at radius 1 is 1.08 bits per heavy atom. The van der Waals surface area contributed by atoms with E-state index in [0.717, 1.165) is 0 Å². The van der Waals surface area contributed by atoms with Crippen molar-refractivity contribution in [3.63, 3.8) is 0 Å². The van der Waals surface area contributed by atoms with Crippen LogP contribution in [-0.4, -0.2) is 54.6 Å². The van der Waals surface area contributed by atoms with Crippen LogP contribution in [0.3, 0.4) is 0 Å². The van der Waals surface area contributed by atoms with Crippen molar-refractivity contribution in [2.24, 2.45) is 0 Å². The van der Waals surface area contributed by atoms with E-state index in [1.807, 2.05) is 4.90 Å². The predicted octanol–water partition coefficient (Wildman–Crippen LogP) is 3.01. The van der Waals surface area contributed by atoms with Crippen LogP contribution in [0, 0.1) is 0 Å². The summed E-state index contributed by atoms with van der Waals surface area (Å²) in [6.07, 6.45) is 0.864. The van der Waals surface area contributed by atoms with Crippen LogP contribution >= 0.6 is 0 Å². The minimum absolute atomic E-state index is 0.0262. The number of piperidine rings is 1. The van der Waals surface area contributed by atoms with Gasteiger partial charge in [0.2, 0.25) is 0 Å². The number of ether oxygens (including phenoxy) is 3. The second-order valence-electron chi connectivity index (χ2n) is 7.60. The number of hydrogen-bond acceptors (Lipinski definition) is 5. The Morgan fingerprint density at radius 3 is 2.19 bits per heavy atom. The van der Waals surface area contributed by atoms with Crippen LogP contribution in [0.4, 0.5) is 10.5 Å². The van der Waals surface area contributed by atoms with Gasteiger partial charge in [0, 0.05) is 37.2 Å². The largest absolute Gasteiger partial charge is 0.444 e. The van der Waals surface area contributed by atoms with Crippen molar-refractivity contribution in [3.8, 4) is 0 Å². The first-order valence-electron chi connectivity index (χ1n) is 8.94. The normalized spacial score (nSPS) is 19.4. The molecule has 1 aromatic rings. The van der Waals surface area contributed by atoms with Crippen LogP contribution in [0.2, 0.25) is 0 Å². The van der Waals surface area contributed by atoms with E-state index < -0.39 is 17.5 Å². The molecule has 142 valence electrons. The maximum Gasteiger partial charge on any atom is 0.412 e. The molecule has 0 aliphatic carbocycles. The second-order valence-corrected chi connectivity index (χ2v) is 7.60. The third-order valence-corrected chi connectivity index (χ3v) is 4.40. The molecule has 2 aliphatic heterocycles. The van der Waals surface area contributed by atoms with Crippen LogP contribution in [0.1, 0.15) is 44.0 Å². The SMILES string of the molecule is CC(C)(C)OC(=O)Nc1ccc(C(=O)N2CCC3(CC2)OCCO3)cc1. The summed E-state index contributed by atoms with van der Waals surface area (Å²) in [6, 6.07) is 6.82. The van der Waals surface area contributed by atoms with E-state index in [1.165, 1.54) is 0 Å². The molecule has 1 aromatic carbocycles. The Bertz CT molecular complexity index is 650. The fourth-order valence-electron chi connectivity index (χ4n) is 3.14. The fraction of sp³-hybridized carbons (Fsp3) is 0.579. The van der Waals surface area contributed by atoms with Gasteiger partial charge in [-0.15, -0.1) is 0 Å². The standard InChI is InChI=1S/C19H26N2O5/c1-18(2,3)26-17(23)20-15-6-4-14(5-7-15)16(22)21-10-8-19(9-11-21)24-12-13-25-19/h4-7H,8-13H2,1-3H3,(H,20,23). The van der Waals surface area contributed by atoms with E-state index in [4.69, 9.17) is 14.2 Å². The molecule has 0 unspecified atom stereocenters. The molecule has 26 heavy (non-hydrogen) atoms. The van der Waals surface area contributed by atoms with Gasteiger partial charge in [-0.1, -0.05) is 0 Å². The lowest BCUT2D eigenvalue weighted by atomic mass is 10.0. The van der Waals surface area contributed by atoms with Gasteiger partial charge in [0.25, 0.3) is 5.91 Å². The van der Waals surface area contributed by atoms with Gasteiger partial charge in [0.15, 0.2) is 5.79 Å². The number of amides is 2. The van der Waals surface area contributed by atoms with Gasteiger partial charge in [-0.25, -0.2) is 4.79 Å². The Labute approximate surface area is 153 Å². The molecular formula is C19H26N2O5. The molecule has 7 nitrogen and oxygen atoms in total. The molecule has 1 N–H and O–H groups in total. The first kappa shape index (κ1) is 18.7.